The molecular weight excluding hydrogens is 378 g/mol. The Labute approximate surface area is 159 Å². The second-order valence-corrected chi connectivity index (χ2v) is 9.24. The van der Waals surface area contributed by atoms with E-state index in [0.29, 0.717) is 18.0 Å². The summed E-state index contributed by atoms with van der Waals surface area (Å²) in [7, 11) is -3.50. The first-order valence-corrected chi connectivity index (χ1v) is 10.5. The molecule has 138 valence electrons. The number of hydrogen-bond donors (Lipinski definition) is 1. The second kappa shape index (κ2) is 8.14. The molecule has 25 heavy (non-hydrogen) atoms. The highest BCUT2D eigenvalue weighted by molar-refractivity contribution is 7.89. The van der Waals surface area contributed by atoms with Crippen molar-refractivity contribution in [2.75, 3.05) is 13.1 Å². The molecule has 3 rings (SSSR count). The number of sulfonamides is 1. The average molecular weight is 402 g/mol. The van der Waals surface area contributed by atoms with Crippen LogP contribution in [0.3, 0.4) is 0 Å². The van der Waals surface area contributed by atoms with E-state index in [0.717, 1.165) is 29.1 Å². The van der Waals surface area contributed by atoms with Crippen LogP contribution in [0.15, 0.2) is 34.5 Å². The summed E-state index contributed by atoms with van der Waals surface area (Å²) in [5.41, 5.74) is 7.77. The minimum atomic E-state index is -3.50. The monoisotopic (exact) mass is 401 g/mol. The van der Waals surface area contributed by atoms with Crippen molar-refractivity contribution in [3.05, 3.63) is 35.3 Å². The summed E-state index contributed by atoms with van der Waals surface area (Å²) in [6, 6.07) is 7.08. The van der Waals surface area contributed by atoms with Gasteiger partial charge in [0.1, 0.15) is 5.01 Å². The quantitative estimate of drug-likeness (QED) is 0.852. The lowest BCUT2D eigenvalue weighted by Gasteiger charge is -2.33. The molecule has 0 saturated carbocycles. The van der Waals surface area contributed by atoms with E-state index in [1.54, 1.807) is 22.5 Å². The zero-order valence-corrected chi connectivity index (χ0v) is 16.8. The van der Waals surface area contributed by atoms with Gasteiger partial charge in [0, 0.05) is 35.8 Å². The molecule has 1 aromatic carbocycles. The zero-order valence-electron chi connectivity index (χ0n) is 14.4. The van der Waals surface area contributed by atoms with Crippen molar-refractivity contribution in [3.63, 3.8) is 0 Å². The largest absolute Gasteiger partial charge is 0.328 e. The van der Waals surface area contributed by atoms with Gasteiger partial charge in [0.2, 0.25) is 10.0 Å². The standard InChI is InChI=1S/C17H23N3O2S2.ClH/c1-12-11-23-17(19-12)14-5-3-7-16(9-14)24(21,22)20-8-4-6-15(10-20)13(2)18;/h3,5,7,9,11,13,15H,4,6,8,10,18H2,1-2H3;1H. The van der Waals surface area contributed by atoms with Crippen LogP contribution in [0.2, 0.25) is 0 Å². The molecule has 0 amide bonds. The minimum Gasteiger partial charge on any atom is -0.328 e. The third-order valence-electron chi connectivity index (χ3n) is 4.50. The van der Waals surface area contributed by atoms with Gasteiger partial charge in [-0.15, -0.1) is 23.7 Å². The van der Waals surface area contributed by atoms with E-state index in [1.165, 1.54) is 11.3 Å². The van der Waals surface area contributed by atoms with Gasteiger partial charge in [-0.05, 0) is 44.7 Å². The van der Waals surface area contributed by atoms with Gasteiger partial charge in [0.25, 0.3) is 0 Å². The lowest BCUT2D eigenvalue weighted by Crippen LogP contribution is -2.44. The second-order valence-electron chi connectivity index (χ2n) is 6.45. The highest BCUT2D eigenvalue weighted by Crippen LogP contribution is 2.29. The fraction of sp³-hybridized carbons (Fsp3) is 0.471. The lowest BCUT2D eigenvalue weighted by atomic mass is 9.93. The predicted molar refractivity (Wildman–Crippen MR) is 105 cm³/mol. The SMILES string of the molecule is Cc1csc(-c2cccc(S(=O)(=O)N3CCCC(C(C)N)C3)c2)n1.Cl. The topological polar surface area (TPSA) is 76.3 Å². The number of rotatable bonds is 4. The minimum absolute atomic E-state index is 0. The molecule has 0 spiro atoms. The van der Waals surface area contributed by atoms with Gasteiger partial charge in [-0.25, -0.2) is 13.4 Å². The third kappa shape index (κ3) is 4.41. The average Bonchev–Trinajstić information content (AvgIpc) is 3.01. The maximum absolute atomic E-state index is 13.0. The van der Waals surface area contributed by atoms with Gasteiger partial charge < -0.3 is 5.73 Å². The number of benzene rings is 1. The number of nitrogens with two attached hydrogens (primary N) is 1. The molecule has 0 aliphatic carbocycles. The number of aromatic nitrogens is 1. The number of aryl methyl sites for hydroxylation is 1. The summed E-state index contributed by atoms with van der Waals surface area (Å²) < 4.78 is 27.6. The van der Waals surface area contributed by atoms with E-state index in [-0.39, 0.29) is 24.4 Å². The van der Waals surface area contributed by atoms with Crippen molar-refractivity contribution in [2.45, 2.75) is 37.6 Å². The first-order chi connectivity index (χ1) is 11.4. The molecule has 2 aromatic rings. The molecule has 1 fully saturated rings. The molecule has 2 N–H and O–H groups in total. The summed E-state index contributed by atoms with van der Waals surface area (Å²) in [5.74, 6) is 0.221. The molecule has 0 radical (unpaired) electrons. The Bertz CT molecular complexity index is 821. The van der Waals surface area contributed by atoms with Gasteiger partial charge in [0.15, 0.2) is 0 Å². The van der Waals surface area contributed by atoms with Crippen molar-refractivity contribution in [3.8, 4) is 10.6 Å². The van der Waals surface area contributed by atoms with Crippen molar-refractivity contribution in [1.82, 2.24) is 9.29 Å². The van der Waals surface area contributed by atoms with Crippen LogP contribution in [0.25, 0.3) is 10.6 Å². The van der Waals surface area contributed by atoms with Crippen LogP contribution in [0.1, 0.15) is 25.5 Å². The summed E-state index contributed by atoms with van der Waals surface area (Å²) >= 11 is 1.53. The molecule has 2 atom stereocenters. The Hall–Kier alpha value is -0.990. The van der Waals surface area contributed by atoms with Gasteiger partial charge in [-0.1, -0.05) is 12.1 Å². The summed E-state index contributed by atoms with van der Waals surface area (Å²) in [6.07, 6.45) is 1.85. The number of nitrogens with zero attached hydrogens (tertiary/aromatic N) is 2. The van der Waals surface area contributed by atoms with Crippen LogP contribution in [0.5, 0.6) is 0 Å². The molecule has 1 aliphatic heterocycles. The van der Waals surface area contributed by atoms with Crippen LogP contribution >= 0.6 is 23.7 Å². The Kier molecular flexibility index (Phi) is 6.62. The fourth-order valence-corrected chi connectivity index (χ4v) is 5.42. The summed E-state index contributed by atoms with van der Waals surface area (Å²) in [5, 5.41) is 2.81. The van der Waals surface area contributed by atoms with Crippen molar-refractivity contribution < 1.29 is 8.42 Å². The molecule has 0 bridgehead atoms. The highest BCUT2D eigenvalue weighted by Gasteiger charge is 2.31. The normalized spacial score (nSPS) is 20.0. The van der Waals surface area contributed by atoms with Crippen LogP contribution in [-0.2, 0) is 10.0 Å². The van der Waals surface area contributed by atoms with Crippen molar-refractivity contribution in [1.29, 1.82) is 0 Å². The van der Waals surface area contributed by atoms with Crippen LogP contribution in [-0.4, -0.2) is 36.8 Å². The number of piperidine rings is 1. The molecule has 2 unspecified atom stereocenters. The van der Waals surface area contributed by atoms with E-state index >= 15 is 0 Å². The smallest absolute Gasteiger partial charge is 0.243 e. The van der Waals surface area contributed by atoms with E-state index in [1.807, 2.05) is 25.3 Å². The zero-order chi connectivity index (χ0) is 17.3. The number of thiazole rings is 1. The third-order valence-corrected chi connectivity index (χ3v) is 7.37. The first kappa shape index (κ1) is 20.3. The molecule has 2 heterocycles. The summed E-state index contributed by atoms with van der Waals surface area (Å²) in [4.78, 5) is 4.78. The van der Waals surface area contributed by atoms with E-state index in [4.69, 9.17) is 5.73 Å². The lowest BCUT2D eigenvalue weighted by molar-refractivity contribution is 0.243. The Morgan fingerprint density at radius 1 is 1.40 bits per heavy atom. The van der Waals surface area contributed by atoms with Gasteiger partial charge in [-0.2, -0.15) is 4.31 Å². The first-order valence-electron chi connectivity index (χ1n) is 8.16. The predicted octanol–water partition coefficient (Wildman–Crippen LogP) is 3.29. The van der Waals surface area contributed by atoms with Crippen LogP contribution in [0, 0.1) is 12.8 Å². The van der Waals surface area contributed by atoms with Crippen LogP contribution in [0.4, 0.5) is 0 Å². The van der Waals surface area contributed by atoms with Crippen molar-refractivity contribution >= 4 is 33.8 Å². The van der Waals surface area contributed by atoms with Crippen LogP contribution < -0.4 is 5.73 Å². The number of halogens is 1. The van der Waals surface area contributed by atoms with Gasteiger partial charge in [0.05, 0.1) is 4.90 Å². The molecule has 1 saturated heterocycles. The molecule has 8 heteroatoms. The molecule has 5 nitrogen and oxygen atoms in total. The van der Waals surface area contributed by atoms with Gasteiger partial charge >= 0.3 is 0 Å². The molecule has 1 aromatic heterocycles. The molecule has 1 aliphatic rings. The Balaban J connectivity index is 0.00000225. The van der Waals surface area contributed by atoms with E-state index in [2.05, 4.69) is 4.98 Å². The Morgan fingerprint density at radius 2 is 2.16 bits per heavy atom. The van der Waals surface area contributed by atoms with Crippen molar-refractivity contribution in [2.24, 2.45) is 11.7 Å². The number of hydrogen-bond acceptors (Lipinski definition) is 5. The van der Waals surface area contributed by atoms with E-state index < -0.39 is 10.0 Å². The van der Waals surface area contributed by atoms with Gasteiger partial charge in [-0.3, -0.25) is 0 Å². The highest BCUT2D eigenvalue weighted by atomic mass is 35.5. The fourth-order valence-electron chi connectivity index (χ4n) is 3.05. The maximum Gasteiger partial charge on any atom is 0.243 e. The maximum atomic E-state index is 13.0. The molecular formula is C17H24ClN3O2S2. The van der Waals surface area contributed by atoms with E-state index in [9.17, 15) is 8.42 Å². The Morgan fingerprint density at radius 3 is 2.80 bits per heavy atom. The summed E-state index contributed by atoms with van der Waals surface area (Å²) in [6.45, 7) is 4.95.